The maximum atomic E-state index is 14.2. The highest BCUT2D eigenvalue weighted by Crippen LogP contribution is 2.47. The summed E-state index contributed by atoms with van der Waals surface area (Å²) in [5.74, 6) is -1.07. The molecular formula is C28H19F4N5O3. The summed E-state index contributed by atoms with van der Waals surface area (Å²) in [6, 6.07) is 17.8. The first-order valence-electron chi connectivity index (χ1n) is 11.7. The molecular weight excluding hydrogens is 530 g/mol. The molecule has 0 spiro atoms. The molecule has 40 heavy (non-hydrogen) atoms. The Kier molecular flexibility index (Phi) is 6.98. The summed E-state index contributed by atoms with van der Waals surface area (Å²) in [5.41, 5.74) is 0.0131. The predicted molar refractivity (Wildman–Crippen MR) is 133 cm³/mol. The number of hydrogen-bond donors (Lipinski definition) is 2. The summed E-state index contributed by atoms with van der Waals surface area (Å²) in [6.07, 6.45) is 2.12. The third-order valence-electron chi connectivity index (χ3n) is 6.08. The van der Waals surface area contributed by atoms with E-state index >= 15 is 0 Å². The number of H-pyrrole nitrogens is 1. The van der Waals surface area contributed by atoms with E-state index in [9.17, 15) is 22.7 Å². The number of fused-ring (bicyclic) bond motifs is 1. The van der Waals surface area contributed by atoms with Crippen LogP contribution in [0, 0.1) is 23.0 Å². The van der Waals surface area contributed by atoms with E-state index in [-0.39, 0.29) is 23.6 Å². The molecule has 1 unspecified atom stereocenters. The molecule has 0 fully saturated rings. The van der Waals surface area contributed by atoms with Crippen LogP contribution in [0.3, 0.4) is 0 Å². The molecule has 2 N–H and O–H groups in total. The lowest BCUT2D eigenvalue weighted by molar-refractivity contribution is -0.286. The lowest BCUT2D eigenvalue weighted by atomic mass is 9.86. The molecule has 1 aliphatic heterocycles. The zero-order valence-electron chi connectivity index (χ0n) is 20.4. The smallest absolute Gasteiger partial charge is 0.395 e. The van der Waals surface area contributed by atoms with Crippen molar-refractivity contribution in [1.82, 2.24) is 19.7 Å². The van der Waals surface area contributed by atoms with Gasteiger partial charge in [0, 0.05) is 29.1 Å². The maximum Gasteiger partial charge on any atom is 0.586 e. The van der Waals surface area contributed by atoms with Gasteiger partial charge in [-0.25, -0.2) is 18.4 Å². The number of halogens is 4. The van der Waals surface area contributed by atoms with Gasteiger partial charge in [0.05, 0.1) is 12.1 Å². The van der Waals surface area contributed by atoms with Crippen LogP contribution in [0.1, 0.15) is 16.7 Å². The number of nitrogens with one attached hydrogen (secondary N) is 1. The van der Waals surface area contributed by atoms with Crippen LogP contribution in [0.4, 0.5) is 17.6 Å². The monoisotopic (exact) mass is 549 g/mol. The molecule has 0 saturated carbocycles. The molecule has 8 nitrogen and oxygen atoms in total. The van der Waals surface area contributed by atoms with Crippen LogP contribution in [0.25, 0.3) is 11.1 Å². The topological polar surface area (TPSA) is 109 Å². The van der Waals surface area contributed by atoms with Gasteiger partial charge in [-0.3, -0.25) is 0 Å². The average molecular weight is 549 g/mol. The van der Waals surface area contributed by atoms with Gasteiger partial charge in [0.1, 0.15) is 36.0 Å². The second-order valence-corrected chi connectivity index (χ2v) is 8.63. The standard InChI is InChI=1S/C16H13F2N3O.C12H6F2N2O2/c17-13-7-5-12(6-8-13)16(22,9-21-11-19-10-20-21)14-3-1-2-4-15(14)18;13-12(14)17-10-3-1-2-8(11(10)18-12)9-6-16-5-7(9)4-15/h1-8,10-11,22H,9H2;1-3,5-6,16H. The number of nitriles is 1. The van der Waals surface area contributed by atoms with Crippen LogP contribution in [-0.2, 0) is 12.1 Å². The van der Waals surface area contributed by atoms with Gasteiger partial charge in [-0.2, -0.15) is 10.4 Å². The minimum atomic E-state index is -3.67. The van der Waals surface area contributed by atoms with Gasteiger partial charge in [-0.15, -0.1) is 8.78 Å². The fraction of sp³-hybridized carbons (Fsp3) is 0.107. The Hall–Kier alpha value is -5.15. The van der Waals surface area contributed by atoms with Gasteiger partial charge in [0.15, 0.2) is 11.5 Å². The quantitative estimate of drug-likeness (QED) is 0.286. The molecule has 6 rings (SSSR count). The van der Waals surface area contributed by atoms with Crippen molar-refractivity contribution in [1.29, 1.82) is 5.26 Å². The largest absolute Gasteiger partial charge is 0.586 e. The molecule has 0 saturated heterocycles. The highest BCUT2D eigenvalue weighted by molar-refractivity contribution is 5.78. The fourth-order valence-electron chi connectivity index (χ4n) is 4.26. The summed E-state index contributed by atoms with van der Waals surface area (Å²) in [5, 5.41) is 24.0. The van der Waals surface area contributed by atoms with Gasteiger partial charge < -0.3 is 19.6 Å². The van der Waals surface area contributed by atoms with Crippen molar-refractivity contribution in [3.8, 4) is 28.7 Å². The lowest BCUT2D eigenvalue weighted by Crippen LogP contribution is -2.34. The zero-order chi connectivity index (χ0) is 28.3. The minimum absolute atomic E-state index is 0.0393. The summed E-state index contributed by atoms with van der Waals surface area (Å²) >= 11 is 0. The summed E-state index contributed by atoms with van der Waals surface area (Å²) in [4.78, 5) is 6.57. The highest BCUT2D eigenvalue weighted by atomic mass is 19.3. The Balaban J connectivity index is 0.000000164. The van der Waals surface area contributed by atoms with Crippen molar-refractivity contribution in [2.45, 2.75) is 18.4 Å². The second-order valence-electron chi connectivity index (χ2n) is 8.63. The fourth-order valence-corrected chi connectivity index (χ4v) is 4.26. The number of rotatable bonds is 5. The molecule has 3 heterocycles. The van der Waals surface area contributed by atoms with Crippen molar-refractivity contribution in [3.63, 3.8) is 0 Å². The van der Waals surface area contributed by atoms with Crippen LogP contribution in [0.5, 0.6) is 11.5 Å². The second kappa shape index (κ2) is 10.5. The van der Waals surface area contributed by atoms with Crippen LogP contribution in [0.15, 0.2) is 91.8 Å². The number of aromatic amines is 1. The van der Waals surface area contributed by atoms with Gasteiger partial charge in [-0.1, -0.05) is 42.5 Å². The Morgan fingerprint density at radius 1 is 0.975 bits per heavy atom. The zero-order valence-corrected chi connectivity index (χ0v) is 20.4. The molecule has 12 heteroatoms. The normalized spacial score (nSPS) is 14.5. The Morgan fingerprint density at radius 2 is 1.75 bits per heavy atom. The van der Waals surface area contributed by atoms with E-state index in [1.807, 2.05) is 6.07 Å². The molecule has 1 atom stereocenters. The van der Waals surface area contributed by atoms with E-state index < -0.39 is 23.5 Å². The van der Waals surface area contributed by atoms with Crippen molar-refractivity contribution in [2.75, 3.05) is 0 Å². The summed E-state index contributed by atoms with van der Waals surface area (Å²) in [7, 11) is 0. The number of nitrogens with zero attached hydrogens (tertiary/aromatic N) is 4. The first-order chi connectivity index (χ1) is 19.2. The summed E-state index contributed by atoms with van der Waals surface area (Å²) < 4.78 is 63.6. The van der Waals surface area contributed by atoms with Gasteiger partial charge in [0.25, 0.3) is 0 Å². The van der Waals surface area contributed by atoms with Crippen LogP contribution in [0.2, 0.25) is 0 Å². The van der Waals surface area contributed by atoms with Gasteiger partial charge >= 0.3 is 6.29 Å². The average Bonchev–Trinajstić information content (AvgIpc) is 3.68. The van der Waals surface area contributed by atoms with Crippen molar-refractivity contribution in [2.24, 2.45) is 0 Å². The molecule has 1 aliphatic rings. The van der Waals surface area contributed by atoms with E-state index in [1.165, 1.54) is 66.0 Å². The number of ether oxygens (including phenoxy) is 2. The Bertz CT molecular complexity index is 1670. The molecule has 5 aromatic rings. The van der Waals surface area contributed by atoms with Crippen LogP contribution < -0.4 is 9.47 Å². The lowest BCUT2D eigenvalue weighted by Gasteiger charge is -2.29. The molecule has 0 bridgehead atoms. The van der Waals surface area contributed by atoms with E-state index in [2.05, 4.69) is 24.5 Å². The minimum Gasteiger partial charge on any atom is -0.395 e. The number of benzene rings is 3. The SMILES string of the molecule is N#Cc1c[nH]cc1-c1cccc2c1OC(F)(F)O2.OC(Cn1cncn1)(c1ccc(F)cc1)c1ccccc1F. The molecule has 3 aromatic carbocycles. The number of para-hydroxylation sites is 1. The van der Waals surface area contributed by atoms with Gasteiger partial charge in [0.2, 0.25) is 0 Å². The molecule has 202 valence electrons. The predicted octanol–water partition coefficient (Wildman–Crippen LogP) is 5.37. The third-order valence-corrected chi connectivity index (χ3v) is 6.08. The Labute approximate surface area is 224 Å². The molecule has 2 aromatic heterocycles. The van der Waals surface area contributed by atoms with Crippen molar-refractivity contribution < 1.29 is 32.1 Å². The van der Waals surface area contributed by atoms with E-state index in [0.29, 0.717) is 22.3 Å². The van der Waals surface area contributed by atoms with E-state index in [1.54, 1.807) is 30.5 Å². The van der Waals surface area contributed by atoms with Crippen molar-refractivity contribution in [3.05, 3.63) is 120 Å². The number of aromatic nitrogens is 4. The molecule has 0 amide bonds. The van der Waals surface area contributed by atoms with Crippen LogP contribution >= 0.6 is 0 Å². The number of alkyl halides is 2. The molecule has 0 radical (unpaired) electrons. The summed E-state index contributed by atoms with van der Waals surface area (Å²) in [6.45, 7) is -0.0421. The van der Waals surface area contributed by atoms with Crippen LogP contribution in [-0.4, -0.2) is 31.1 Å². The van der Waals surface area contributed by atoms with E-state index in [4.69, 9.17) is 5.26 Å². The first kappa shape index (κ1) is 26.5. The maximum absolute atomic E-state index is 14.2. The van der Waals surface area contributed by atoms with E-state index in [0.717, 1.165) is 0 Å². The Morgan fingerprint density at radius 3 is 2.45 bits per heavy atom. The number of aliphatic hydroxyl groups is 1. The van der Waals surface area contributed by atoms with Gasteiger partial charge in [-0.05, 0) is 29.8 Å². The number of hydrogen-bond acceptors (Lipinski definition) is 6. The first-order valence-corrected chi connectivity index (χ1v) is 11.7. The third kappa shape index (κ3) is 5.23. The van der Waals surface area contributed by atoms with Crippen molar-refractivity contribution >= 4 is 0 Å². The highest BCUT2D eigenvalue weighted by Gasteiger charge is 2.44. The molecule has 0 aliphatic carbocycles.